The smallest absolute Gasteiger partial charge is 0.471 e. The van der Waals surface area contributed by atoms with Crippen LogP contribution in [0.4, 0.5) is 28.7 Å². The van der Waals surface area contributed by atoms with Gasteiger partial charge in [-0.15, -0.1) is 11.3 Å². The Hall–Kier alpha value is -6.65. The van der Waals surface area contributed by atoms with E-state index in [1.54, 1.807) is 72.0 Å². The first-order valence-electron chi connectivity index (χ1n) is 27.1. The first kappa shape index (κ1) is 47.8. The Bertz CT molecular complexity index is 3310. The molecule has 0 saturated carbocycles. The van der Waals surface area contributed by atoms with Crippen LogP contribution in [0.1, 0.15) is 115 Å². The third kappa shape index (κ3) is 9.64. The number of nitrogens with zero attached hydrogens (tertiary/aromatic N) is 9. The number of hydrogen-bond acceptors (Lipinski definition) is 17. The molecule has 6 aliphatic rings. The van der Waals surface area contributed by atoms with Crippen molar-refractivity contribution in [3.8, 4) is 17.0 Å². The summed E-state index contributed by atoms with van der Waals surface area (Å²) >= 11 is 1.58. The third-order valence-corrected chi connectivity index (χ3v) is 17.4. The first-order valence-corrected chi connectivity index (χ1v) is 27.9. The lowest BCUT2D eigenvalue weighted by Crippen LogP contribution is -2.57. The number of aryl methyl sites for hydroxylation is 1. The van der Waals surface area contributed by atoms with Gasteiger partial charge in [0.15, 0.2) is 0 Å². The molecule has 21 nitrogen and oxygen atoms in total. The number of thiophene rings is 1. The lowest BCUT2D eigenvalue weighted by molar-refractivity contribution is -0.155. The Balaban J connectivity index is 0.728. The zero-order chi connectivity index (χ0) is 55.7. The fraction of sp³-hybridized carbons (Fsp3) is 0.434. The largest absolute Gasteiger partial charge is 0.480 e. The summed E-state index contributed by atoms with van der Waals surface area (Å²) in [7, 11) is -7.83. The fourth-order valence-corrected chi connectivity index (χ4v) is 13.5. The number of rotatable bonds is 13. The van der Waals surface area contributed by atoms with Crippen LogP contribution in [0.25, 0.3) is 11.1 Å². The number of fused-ring (bicyclic) bond motifs is 4. The number of hydrogen-bond donors (Lipinski definition) is 4. The molecule has 76 heavy (non-hydrogen) atoms. The highest BCUT2D eigenvalue weighted by Crippen LogP contribution is 2.43. The van der Waals surface area contributed by atoms with Gasteiger partial charge in [0.2, 0.25) is 11.8 Å². The topological polar surface area (TPSA) is 252 Å². The van der Waals surface area contributed by atoms with Crippen LogP contribution < -0.4 is 24.8 Å². The summed E-state index contributed by atoms with van der Waals surface area (Å²) in [5, 5.41) is 14.5. The maximum Gasteiger partial charge on any atom is 0.471 e. The van der Waals surface area contributed by atoms with Gasteiger partial charge in [0.1, 0.15) is 30.1 Å². The molecule has 5 aromatic rings. The van der Waals surface area contributed by atoms with E-state index in [2.05, 4.69) is 41.4 Å². The Morgan fingerprint density at radius 1 is 0.842 bits per heavy atom. The molecule has 398 valence electrons. The molecule has 1 aromatic carbocycles. The molecule has 4 N–H and O–H groups in total. The number of nitrogens with one attached hydrogen (secondary N) is 1. The van der Waals surface area contributed by atoms with Crippen molar-refractivity contribution in [1.82, 2.24) is 29.7 Å². The standard InChI is InChI=1S/C53H59N10O11PS/c1-30-28-59(33-15-19-58(20-16-33)34-8-10-39-40(25-34)51(67)63(50(39)66)42-11-13-45(65)62(52(42)68)29-74-75(70,71)72)22-23-60(30)35-9-12-44(55-27-35)57-41-24-32(26-56-49(41)73-3)36-14-18-54-48(46(36)31(2)64)61-21-17-38-37-6-4-5-7-43(37)76-47(38)53(61)69/h8-10,12,14,18,24-27,30-31,33,42,64H,4-7,11,13,15-17,19-23,28-29H2,1-3H3,(H,55,57)(H2,70,71,72)/t30-,31+,42?/m0/s1/i3D3. The Labute approximate surface area is 446 Å². The predicted molar refractivity (Wildman–Crippen MR) is 282 cm³/mol. The highest BCUT2D eigenvalue weighted by molar-refractivity contribution is 7.46. The number of anilines is 5. The predicted octanol–water partition coefficient (Wildman–Crippen LogP) is 5.85. The van der Waals surface area contributed by atoms with Gasteiger partial charge in [-0.25, -0.2) is 19.5 Å². The lowest BCUT2D eigenvalue weighted by Gasteiger charge is -2.46. The Kier molecular flexibility index (Phi) is 13.0. The molecule has 0 bridgehead atoms. The minimum absolute atomic E-state index is 0.125. The van der Waals surface area contributed by atoms with Gasteiger partial charge < -0.3 is 34.7 Å². The molecule has 3 fully saturated rings. The molecule has 4 aromatic heterocycles. The average molecular weight is 1080 g/mol. The molecule has 0 radical (unpaired) electrons. The van der Waals surface area contributed by atoms with E-state index in [1.165, 1.54) is 16.6 Å². The van der Waals surface area contributed by atoms with Crippen LogP contribution in [0.2, 0.25) is 0 Å². The molecule has 0 spiro atoms. The van der Waals surface area contributed by atoms with Gasteiger partial charge in [-0.05, 0) is 124 Å². The number of likely N-dealkylation sites (tertiary alicyclic amines) is 1. The molecule has 23 heteroatoms. The van der Waals surface area contributed by atoms with Gasteiger partial charge in [-0.1, -0.05) is 0 Å². The second kappa shape index (κ2) is 20.7. The number of aliphatic hydroxyl groups excluding tert-OH is 1. The normalized spacial score (nSPS) is 21.8. The number of amides is 5. The van der Waals surface area contributed by atoms with E-state index >= 15 is 0 Å². The highest BCUT2D eigenvalue weighted by atomic mass is 32.1. The van der Waals surface area contributed by atoms with Gasteiger partial charge in [-0.2, -0.15) is 0 Å². The molecule has 3 saturated heterocycles. The van der Waals surface area contributed by atoms with Crippen molar-refractivity contribution in [3.63, 3.8) is 0 Å². The second-order valence-electron chi connectivity index (χ2n) is 20.1. The number of phosphoric ester groups is 1. The maximum atomic E-state index is 14.2. The van der Waals surface area contributed by atoms with Gasteiger partial charge in [0.05, 0.1) is 45.1 Å². The van der Waals surface area contributed by atoms with Crippen LogP contribution in [0.3, 0.4) is 0 Å². The van der Waals surface area contributed by atoms with E-state index in [4.69, 9.17) is 23.6 Å². The van der Waals surface area contributed by atoms with Crippen molar-refractivity contribution in [2.45, 2.75) is 95.9 Å². The zero-order valence-electron chi connectivity index (χ0n) is 44.9. The van der Waals surface area contributed by atoms with E-state index in [9.17, 15) is 33.6 Å². The Morgan fingerprint density at radius 2 is 1.63 bits per heavy atom. The lowest BCUT2D eigenvalue weighted by atomic mass is 9.91. The molecule has 5 aliphatic heterocycles. The molecule has 9 heterocycles. The zero-order valence-corrected chi connectivity index (χ0v) is 43.6. The van der Waals surface area contributed by atoms with E-state index in [0.717, 1.165) is 84.9 Å². The summed E-state index contributed by atoms with van der Waals surface area (Å²) in [6, 6.07) is 11.3. The van der Waals surface area contributed by atoms with Crippen LogP contribution in [0.5, 0.6) is 5.88 Å². The number of carbonyl (C=O) groups excluding carboxylic acids is 5. The summed E-state index contributed by atoms with van der Waals surface area (Å²) in [6.45, 7) is 6.93. The average Bonchev–Trinajstić information content (AvgIpc) is 4.20. The fourth-order valence-electron chi connectivity index (χ4n) is 11.8. The first-order chi connectivity index (χ1) is 37.7. The maximum absolute atomic E-state index is 14.2. The molecule has 3 atom stereocenters. The number of ether oxygens (including phenoxy) is 1. The number of aromatic nitrogens is 3. The molecule has 1 unspecified atom stereocenters. The molecule has 11 rings (SSSR count). The van der Waals surface area contributed by atoms with Gasteiger partial charge in [0.25, 0.3) is 23.6 Å². The van der Waals surface area contributed by atoms with Crippen molar-refractivity contribution in [2.75, 3.05) is 73.1 Å². The minimum atomic E-state index is -5.02. The summed E-state index contributed by atoms with van der Waals surface area (Å²) in [6.07, 6.45) is 10.1. The van der Waals surface area contributed by atoms with Crippen molar-refractivity contribution >= 4 is 77.4 Å². The van der Waals surface area contributed by atoms with Crippen molar-refractivity contribution in [1.29, 1.82) is 0 Å². The molecular weight excluding hydrogens is 1020 g/mol. The van der Waals surface area contributed by atoms with Crippen molar-refractivity contribution in [2.24, 2.45) is 0 Å². The number of piperidine rings is 2. The Morgan fingerprint density at radius 3 is 2.38 bits per heavy atom. The van der Waals surface area contributed by atoms with Crippen molar-refractivity contribution in [3.05, 3.63) is 98.6 Å². The number of pyridine rings is 3. The van der Waals surface area contributed by atoms with Crippen LogP contribution in [-0.4, -0.2) is 145 Å². The number of methoxy groups -OCH3 is 1. The summed E-state index contributed by atoms with van der Waals surface area (Å²) in [4.78, 5) is 111. The third-order valence-electron chi connectivity index (χ3n) is 15.6. The summed E-state index contributed by atoms with van der Waals surface area (Å²) in [5.74, 6) is -2.59. The van der Waals surface area contributed by atoms with Gasteiger partial charge in [0, 0.05) is 91.9 Å². The number of piperazine rings is 1. The van der Waals surface area contributed by atoms with E-state index in [1.807, 2.05) is 6.07 Å². The molecule has 1 aliphatic carbocycles. The summed E-state index contributed by atoms with van der Waals surface area (Å²) < 4.78 is 44.7. The number of benzene rings is 1. The van der Waals surface area contributed by atoms with Gasteiger partial charge >= 0.3 is 7.82 Å². The van der Waals surface area contributed by atoms with Crippen molar-refractivity contribution < 1.29 is 56.8 Å². The second-order valence-corrected chi connectivity index (χ2v) is 22.5. The van der Waals surface area contributed by atoms with Gasteiger partial charge in [-0.3, -0.25) is 48.1 Å². The van der Waals surface area contributed by atoms with Crippen LogP contribution in [0, 0.1) is 0 Å². The van der Waals surface area contributed by atoms with E-state index in [0.29, 0.717) is 65.3 Å². The van der Waals surface area contributed by atoms with E-state index in [-0.39, 0.29) is 47.5 Å². The number of imide groups is 2. The van der Waals surface area contributed by atoms with Crippen LogP contribution >= 0.6 is 19.2 Å². The van der Waals surface area contributed by atoms with Crippen LogP contribution in [-0.2, 0) is 37.9 Å². The summed E-state index contributed by atoms with van der Waals surface area (Å²) in [5.41, 5.74) is 6.16. The monoisotopic (exact) mass is 1080 g/mol. The molecular formula is C53H59N10O11PS. The number of phosphoric acid groups is 1. The molecule has 5 amide bonds. The van der Waals surface area contributed by atoms with E-state index < -0.39 is 57.4 Å². The highest BCUT2D eigenvalue weighted by Gasteiger charge is 2.48. The quantitative estimate of drug-likeness (QED) is 0.0797. The number of carbonyl (C=O) groups is 5. The SMILES string of the molecule is [2H]C([2H])([2H])Oc1ncc(-c2ccnc(N3CCc4c(sc5c4CCCC5)C3=O)c2[C@@H](C)O)cc1Nc1ccc(N2CCN(C3CCN(c4ccc5c(c4)C(=O)N(C4CCC(=O)N(COP(=O)(O)O)C4=O)C5=O)CC3)C[C@@H]2C)cn1. The number of aliphatic hydroxyl groups is 1. The van der Waals surface area contributed by atoms with Crippen LogP contribution in [0.15, 0.2) is 61.1 Å². The minimum Gasteiger partial charge on any atom is -0.480 e.